The van der Waals surface area contributed by atoms with Crippen LogP contribution >= 0.6 is 0 Å². The maximum atomic E-state index is 11.7. The van der Waals surface area contributed by atoms with Gasteiger partial charge in [0, 0.05) is 0 Å². The standard InChI is InChI=1S/2C5H4NO2.Co/c2*7-6(8)5-3-1-2-4-5;/h2*1-4H;. The molecule has 0 aliphatic carbocycles. The molecule has 10 aliphatic heterocycles. The van der Waals surface area contributed by atoms with E-state index in [9.17, 15) is 20.2 Å². The van der Waals surface area contributed by atoms with E-state index in [0.717, 1.165) is 0 Å². The predicted molar refractivity (Wildman–Crippen MR) is 49.5 cm³/mol. The van der Waals surface area contributed by atoms with Crippen molar-refractivity contribution in [2.75, 3.05) is 0 Å². The second kappa shape index (κ2) is 0.421. The topological polar surface area (TPSA) is 86.3 Å². The Morgan fingerprint density at radius 1 is 0.765 bits per heavy atom. The van der Waals surface area contributed by atoms with Crippen molar-refractivity contribution in [2.45, 2.75) is 47.8 Å². The van der Waals surface area contributed by atoms with Crippen LogP contribution in [0.25, 0.3) is 0 Å². The minimum absolute atomic E-state index is 0.0409. The summed E-state index contributed by atoms with van der Waals surface area (Å²) in [7, 11) is 0. The van der Waals surface area contributed by atoms with Crippen LogP contribution in [0.2, 0.25) is 38.8 Å². The molecular formula is C10H8CoN2O4. The average molecular weight is 279 g/mol. The Morgan fingerprint density at radius 3 is 1.18 bits per heavy atom. The molecule has 0 aromatic rings. The molecule has 6 nitrogen and oxygen atoms in total. The molecule has 8 unspecified atom stereocenters. The van der Waals surface area contributed by atoms with Crippen molar-refractivity contribution in [3.05, 3.63) is 20.2 Å². The Bertz CT molecular complexity index is 1010. The summed E-state index contributed by atoms with van der Waals surface area (Å²) in [5, 5.41) is 23.5. The number of nitrogens with zero attached hydrogens (tertiary/aromatic N) is 2. The summed E-state index contributed by atoms with van der Waals surface area (Å²) >= 11 is 0. The number of hydrogen-bond acceptors (Lipinski definition) is 4. The molecule has 0 radical (unpaired) electrons. The van der Waals surface area contributed by atoms with E-state index in [-0.39, 0.29) is 9.85 Å². The van der Waals surface area contributed by atoms with Gasteiger partial charge in [0.15, 0.2) is 0 Å². The van der Waals surface area contributed by atoms with Gasteiger partial charge in [-0.2, -0.15) is 0 Å². The summed E-state index contributed by atoms with van der Waals surface area (Å²) in [4.78, 5) is 27.4. The Balaban J connectivity index is 1.78. The fourth-order valence-corrected chi connectivity index (χ4v) is 84.3. The molecule has 91 valence electrons. The van der Waals surface area contributed by atoms with Crippen molar-refractivity contribution < 1.29 is 16.2 Å². The Hall–Kier alpha value is -0.694. The van der Waals surface area contributed by atoms with Gasteiger partial charge in [0.05, 0.1) is 0 Å². The van der Waals surface area contributed by atoms with E-state index < -0.39 is 15.3 Å². The van der Waals surface area contributed by atoms with Crippen molar-refractivity contribution in [3.8, 4) is 0 Å². The van der Waals surface area contributed by atoms with E-state index in [1.165, 1.54) is 0 Å². The zero-order valence-corrected chi connectivity index (χ0v) is 9.52. The van der Waals surface area contributed by atoms with E-state index in [1.54, 1.807) is 0 Å². The molecule has 10 heterocycles. The van der Waals surface area contributed by atoms with Crippen molar-refractivity contribution in [3.63, 3.8) is 0 Å². The third-order valence-electron chi connectivity index (χ3n) is 14.4. The molecule has 10 fully saturated rings. The summed E-state index contributed by atoms with van der Waals surface area (Å²) in [6.45, 7) is 0. The molecule has 0 aromatic heterocycles. The quantitative estimate of drug-likeness (QED) is 0.569. The van der Waals surface area contributed by atoms with E-state index in [1.807, 2.05) is 0 Å². The van der Waals surface area contributed by atoms with Crippen LogP contribution in [0.5, 0.6) is 0 Å². The summed E-state index contributed by atoms with van der Waals surface area (Å²) in [5.74, 6) is 0. The van der Waals surface area contributed by atoms with Gasteiger partial charge < -0.3 is 0 Å². The van der Waals surface area contributed by atoms with Crippen molar-refractivity contribution in [1.82, 2.24) is 0 Å². The van der Waals surface area contributed by atoms with Crippen LogP contribution in [0.15, 0.2) is 0 Å². The third kappa shape index (κ3) is 0.0481. The molecule has 10 saturated heterocycles. The summed E-state index contributed by atoms with van der Waals surface area (Å²) in [6, 6.07) is 0. The fourth-order valence-electron chi connectivity index (χ4n) is 16.3. The minimum atomic E-state index is -4.20. The number of nitro groups is 2. The van der Waals surface area contributed by atoms with Crippen LogP contribution in [-0.4, -0.2) is 18.8 Å². The van der Waals surface area contributed by atoms with Crippen LogP contribution in [0.3, 0.4) is 0 Å². The molecule has 1 spiro atoms. The fraction of sp³-hybridized carbons (Fsp3) is 1.00. The number of rotatable bonds is 2. The van der Waals surface area contributed by atoms with Crippen LogP contribution in [-0.2, 0) is 6.37 Å². The zero-order chi connectivity index (χ0) is 11.1. The SMILES string of the molecule is O=[N+]([O-])[C]12[CH]3[CH]4[CH]5[CH]1[Co]45321678[CH]2[CH]1[CH]6[C]7([N+](=O)[O-])[CH]28. The summed E-state index contributed by atoms with van der Waals surface area (Å²) in [6.07, 6.45) is -4.20. The third-order valence-corrected chi connectivity index (χ3v) is 54.2. The molecule has 10 aliphatic rings. The number of fused-ring (bicyclic) bond motifs is 10. The van der Waals surface area contributed by atoms with Crippen LogP contribution in [0, 0.1) is 20.2 Å². The Morgan fingerprint density at radius 2 is 1.06 bits per heavy atom. The van der Waals surface area contributed by atoms with Crippen molar-refractivity contribution >= 4 is 0 Å². The number of hydrogen-bond donors (Lipinski definition) is 0. The predicted octanol–water partition coefficient (Wildman–Crippen LogP) is 1.74. The first kappa shape index (κ1) is 5.97. The molecule has 10 rings (SSSR count). The van der Waals surface area contributed by atoms with E-state index in [0.29, 0.717) is 38.8 Å². The Labute approximate surface area is 84.5 Å². The molecule has 0 saturated carbocycles. The van der Waals surface area contributed by atoms with Gasteiger partial charge >= 0.3 is 84.2 Å². The molecule has 0 aromatic carbocycles. The molecular weight excluding hydrogens is 271 g/mol. The van der Waals surface area contributed by atoms with Gasteiger partial charge in [-0.15, -0.1) is 0 Å². The van der Waals surface area contributed by atoms with E-state index in [2.05, 4.69) is 0 Å². The Kier molecular flexibility index (Phi) is 0.148. The van der Waals surface area contributed by atoms with Crippen LogP contribution in [0.4, 0.5) is 0 Å². The first-order valence-corrected chi connectivity index (χ1v) is 12.1. The first-order chi connectivity index (χ1) is 7.82. The summed E-state index contributed by atoms with van der Waals surface area (Å²) in [5.41, 5.74) is 0. The second-order valence-electron chi connectivity index (χ2n) is 9.79. The molecule has 0 bridgehead atoms. The maximum absolute atomic E-state index is 11.7. The van der Waals surface area contributed by atoms with Crippen LogP contribution in [0.1, 0.15) is 0 Å². The van der Waals surface area contributed by atoms with E-state index >= 15 is 0 Å². The van der Waals surface area contributed by atoms with Gasteiger partial charge in [0.25, 0.3) is 0 Å². The first-order valence-electron chi connectivity index (χ1n) is 6.21. The molecule has 7 heteroatoms. The van der Waals surface area contributed by atoms with Gasteiger partial charge in [-0.1, -0.05) is 0 Å². The monoisotopic (exact) mass is 279 g/mol. The average Bonchev–Trinajstić information content (AvgIpc) is 3.22. The normalized spacial score (nSPS) is 123. The van der Waals surface area contributed by atoms with Crippen LogP contribution < -0.4 is 0 Å². The van der Waals surface area contributed by atoms with Gasteiger partial charge in [0.2, 0.25) is 0 Å². The van der Waals surface area contributed by atoms with E-state index in [4.69, 9.17) is 0 Å². The molecule has 8 atom stereocenters. The van der Waals surface area contributed by atoms with Gasteiger partial charge in [-0.25, -0.2) is 0 Å². The van der Waals surface area contributed by atoms with Gasteiger partial charge in [-0.05, 0) is 0 Å². The molecule has 17 heavy (non-hydrogen) atoms. The summed E-state index contributed by atoms with van der Waals surface area (Å²) < 4.78 is -1.18. The van der Waals surface area contributed by atoms with Gasteiger partial charge in [-0.3, -0.25) is 0 Å². The zero-order valence-electron chi connectivity index (χ0n) is 8.48. The van der Waals surface area contributed by atoms with Crippen molar-refractivity contribution in [2.24, 2.45) is 0 Å². The second-order valence-corrected chi connectivity index (χ2v) is 31.6. The van der Waals surface area contributed by atoms with Gasteiger partial charge in [0.1, 0.15) is 0 Å². The molecule has 0 amide bonds. The molecule has 0 N–H and O–H groups in total. The van der Waals surface area contributed by atoms with Crippen molar-refractivity contribution in [1.29, 1.82) is 0 Å².